The predicted octanol–water partition coefficient (Wildman–Crippen LogP) is 2.01. The molecular weight excluding hydrogens is 280 g/mol. The minimum absolute atomic E-state index is 0.0210. The molecule has 2 aromatic carbocycles. The Bertz CT molecular complexity index is 854. The third-order valence-electron chi connectivity index (χ3n) is 3.54. The Balaban J connectivity index is 1.95. The molecule has 0 radical (unpaired) electrons. The van der Waals surface area contributed by atoms with E-state index in [9.17, 15) is 4.79 Å². The first-order valence-electron chi connectivity index (χ1n) is 6.95. The molecule has 0 aliphatic carbocycles. The van der Waals surface area contributed by atoms with Crippen LogP contribution in [-0.4, -0.2) is 22.2 Å². The van der Waals surface area contributed by atoms with E-state index in [1.54, 1.807) is 25.3 Å². The van der Waals surface area contributed by atoms with Crippen molar-refractivity contribution in [3.63, 3.8) is 0 Å². The highest BCUT2D eigenvalue weighted by Gasteiger charge is 2.06. The molecule has 0 bridgehead atoms. The van der Waals surface area contributed by atoms with Gasteiger partial charge in [-0.1, -0.05) is 24.3 Å². The highest BCUT2D eigenvalue weighted by atomic mass is 16.5. The molecule has 0 aliphatic heterocycles. The van der Waals surface area contributed by atoms with Crippen LogP contribution >= 0.6 is 0 Å². The summed E-state index contributed by atoms with van der Waals surface area (Å²) in [4.78, 5) is 19.5. The van der Waals surface area contributed by atoms with Gasteiger partial charge in [-0.25, -0.2) is 4.98 Å². The molecule has 112 valence electrons. The van der Waals surface area contributed by atoms with E-state index in [2.05, 4.69) is 9.97 Å². The van der Waals surface area contributed by atoms with Crippen LogP contribution < -0.4 is 10.3 Å². The van der Waals surface area contributed by atoms with Crippen molar-refractivity contribution in [1.29, 1.82) is 0 Å². The monoisotopic (exact) mass is 296 g/mol. The highest BCUT2D eigenvalue weighted by Crippen LogP contribution is 2.17. The van der Waals surface area contributed by atoms with Gasteiger partial charge >= 0.3 is 0 Å². The Morgan fingerprint density at radius 1 is 1.14 bits per heavy atom. The topological polar surface area (TPSA) is 75.2 Å². The van der Waals surface area contributed by atoms with Crippen LogP contribution in [0.5, 0.6) is 5.75 Å². The number of aromatic amines is 1. The summed E-state index contributed by atoms with van der Waals surface area (Å²) in [6, 6.07) is 12.8. The third kappa shape index (κ3) is 2.84. The first-order chi connectivity index (χ1) is 10.7. The molecule has 5 heteroatoms. The summed E-state index contributed by atoms with van der Waals surface area (Å²) in [5.41, 5.74) is 2.35. The zero-order valence-electron chi connectivity index (χ0n) is 12.2. The fourth-order valence-electron chi connectivity index (χ4n) is 2.33. The van der Waals surface area contributed by atoms with E-state index in [1.807, 2.05) is 24.3 Å². The van der Waals surface area contributed by atoms with Crippen molar-refractivity contribution in [1.82, 2.24) is 9.97 Å². The number of nitrogens with one attached hydrogen (secondary N) is 1. The molecule has 3 aromatic rings. The van der Waals surface area contributed by atoms with Crippen molar-refractivity contribution in [3.05, 3.63) is 69.8 Å². The summed E-state index contributed by atoms with van der Waals surface area (Å²) in [6.07, 6.45) is 0.531. The summed E-state index contributed by atoms with van der Waals surface area (Å²) in [7, 11) is 1.56. The first-order valence-corrected chi connectivity index (χ1v) is 6.95. The second-order valence-electron chi connectivity index (χ2n) is 5.05. The van der Waals surface area contributed by atoms with Crippen molar-refractivity contribution < 1.29 is 9.84 Å². The number of aliphatic hydroxyl groups is 1. The van der Waals surface area contributed by atoms with Crippen molar-refractivity contribution in [3.8, 4) is 5.75 Å². The molecule has 0 aliphatic rings. The van der Waals surface area contributed by atoms with Gasteiger partial charge in [0, 0.05) is 6.42 Å². The number of hydrogen-bond acceptors (Lipinski definition) is 4. The van der Waals surface area contributed by atoms with Gasteiger partial charge in [-0.3, -0.25) is 4.79 Å². The second kappa shape index (κ2) is 5.99. The van der Waals surface area contributed by atoms with Gasteiger partial charge in [-0.15, -0.1) is 0 Å². The van der Waals surface area contributed by atoms with Gasteiger partial charge in [0.25, 0.3) is 5.56 Å². The normalized spacial score (nSPS) is 10.8. The molecule has 1 heterocycles. The largest absolute Gasteiger partial charge is 0.497 e. The van der Waals surface area contributed by atoms with E-state index in [1.165, 1.54) is 0 Å². The number of fused-ring (bicyclic) bond motifs is 1. The summed E-state index contributed by atoms with van der Waals surface area (Å²) in [5.74, 6) is 1.24. The van der Waals surface area contributed by atoms with Gasteiger partial charge in [0.2, 0.25) is 0 Å². The maximum absolute atomic E-state index is 12.2. The van der Waals surface area contributed by atoms with E-state index in [-0.39, 0.29) is 12.2 Å². The summed E-state index contributed by atoms with van der Waals surface area (Å²) >= 11 is 0. The van der Waals surface area contributed by atoms with Crippen molar-refractivity contribution in [2.45, 2.75) is 13.0 Å². The van der Waals surface area contributed by atoms with Gasteiger partial charge in [-0.2, -0.15) is 0 Å². The Labute approximate surface area is 127 Å². The molecule has 0 atom stereocenters. The van der Waals surface area contributed by atoms with E-state index < -0.39 is 0 Å². The lowest BCUT2D eigenvalue weighted by Crippen LogP contribution is -2.12. The number of hydrogen-bond donors (Lipinski definition) is 2. The van der Waals surface area contributed by atoms with E-state index in [4.69, 9.17) is 9.84 Å². The number of rotatable bonds is 4. The number of ether oxygens (including phenoxy) is 1. The number of methoxy groups -OCH3 is 1. The van der Waals surface area contributed by atoms with E-state index >= 15 is 0 Å². The van der Waals surface area contributed by atoms with Gasteiger partial charge in [0.1, 0.15) is 11.6 Å². The van der Waals surface area contributed by atoms with Crippen LogP contribution in [0, 0.1) is 0 Å². The number of aliphatic hydroxyl groups excluding tert-OH is 1. The predicted molar refractivity (Wildman–Crippen MR) is 84.1 cm³/mol. The highest BCUT2D eigenvalue weighted by molar-refractivity contribution is 5.79. The first kappa shape index (κ1) is 14.3. The van der Waals surface area contributed by atoms with Gasteiger partial charge in [0.15, 0.2) is 0 Å². The van der Waals surface area contributed by atoms with Gasteiger partial charge in [0.05, 0.1) is 24.6 Å². The molecule has 0 amide bonds. The quantitative estimate of drug-likeness (QED) is 0.772. The number of nitrogens with zero attached hydrogens (tertiary/aromatic N) is 1. The fraction of sp³-hybridized carbons (Fsp3) is 0.176. The van der Waals surface area contributed by atoms with Crippen LogP contribution in [0.1, 0.15) is 17.0 Å². The number of aromatic nitrogens is 2. The number of H-pyrrole nitrogens is 1. The summed E-state index contributed by atoms with van der Waals surface area (Å²) in [5, 5.41) is 9.56. The van der Waals surface area contributed by atoms with Crippen LogP contribution in [0.2, 0.25) is 0 Å². The molecular formula is C17H16N2O3. The third-order valence-corrected chi connectivity index (χ3v) is 3.54. The maximum atomic E-state index is 12.2. The van der Waals surface area contributed by atoms with Gasteiger partial charge < -0.3 is 14.8 Å². The molecule has 2 N–H and O–H groups in total. The molecule has 0 spiro atoms. The lowest BCUT2D eigenvalue weighted by atomic mass is 10.1. The van der Waals surface area contributed by atoms with Crippen LogP contribution in [-0.2, 0) is 13.0 Å². The smallest absolute Gasteiger partial charge is 0.258 e. The second-order valence-corrected chi connectivity index (χ2v) is 5.05. The fourth-order valence-corrected chi connectivity index (χ4v) is 2.33. The van der Waals surface area contributed by atoms with Crippen LogP contribution in [0.15, 0.2) is 47.3 Å². The molecule has 5 nitrogen and oxygen atoms in total. The SMILES string of the molecule is COc1ccc2nc(Cc3ccc(CO)cc3)[nH]c(=O)c2c1. The Hall–Kier alpha value is -2.66. The molecule has 0 saturated heterocycles. The Morgan fingerprint density at radius 3 is 2.55 bits per heavy atom. The average Bonchev–Trinajstić information content (AvgIpc) is 2.55. The maximum Gasteiger partial charge on any atom is 0.258 e. The molecule has 22 heavy (non-hydrogen) atoms. The summed E-state index contributed by atoms with van der Waals surface area (Å²) < 4.78 is 5.12. The molecule has 0 fully saturated rings. The Kier molecular flexibility index (Phi) is 3.89. The minimum Gasteiger partial charge on any atom is -0.497 e. The van der Waals surface area contributed by atoms with Crippen molar-refractivity contribution >= 4 is 10.9 Å². The van der Waals surface area contributed by atoms with Crippen LogP contribution in [0.4, 0.5) is 0 Å². The average molecular weight is 296 g/mol. The molecule has 0 unspecified atom stereocenters. The Morgan fingerprint density at radius 2 is 1.86 bits per heavy atom. The zero-order chi connectivity index (χ0) is 15.5. The van der Waals surface area contributed by atoms with Crippen LogP contribution in [0.25, 0.3) is 10.9 Å². The zero-order valence-corrected chi connectivity index (χ0v) is 12.2. The molecule has 3 rings (SSSR count). The van der Waals surface area contributed by atoms with E-state index in [0.717, 1.165) is 11.1 Å². The van der Waals surface area contributed by atoms with E-state index in [0.29, 0.717) is 28.9 Å². The molecule has 1 aromatic heterocycles. The minimum atomic E-state index is -0.175. The number of benzene rings is 2. The molecule has 0 saturated carbocycles. The van der Waals surface area contributed by atoms with Crippen molar-refractivity contribution in [2.75, 3.05) is 7.11 Å². The summed E-state index contributed by atoms with van der Waals surface area (Å²) in [6.45, 7) is 0.0210. The standard InChI is InChI=1S/C17H16N2O3/c1-22-13-6-7-15-14(9-13)17(21)19-16(18-15)8-11-2-4-12(10-20)5-3-11/h2-7,9,20H,8,10H2,1H3,(H,18,19,21). The van der Waals surface area contributed by atoms with Crippen LogP contribution in [0.3, 0.4) is 0 Å². The lowest BCUT2D eigenvalue weighted by Gasteiger charge is -2.05. The lowest BCUT2D eigenvalue weighted by molar-refractivity contribution is 0.282. The van der Waals surface area contributed by atoms with Gasteiger partial charge in [-0.05, 0) is 29.3 Å². The van der Waals surface area contributed by atoms with Crippen molar-refractivity contribution in [2.24, 2.45) is 0 Å².